The van der Waals surface area contributed by atoms with Crippen LogP contribution in [0.25, 0.3) is 5.76 Å². The van der Waals surface area contributed by atoms with Crippen LogP contribution in [0.5, 0.6) is 0 Å². The molecule has 160 valence electrons. The van der Waals surface area contributed by atoms with Gasteiger partial charge in [0.1, 0.15) is 5.76 Å². The summed E-state index contributed by atoms with van der Waals surface area (Å²) in [6.07, 6.45) is 4.36. The molecule has 0 bridgehead atoms. The van der Waals surface area contributed by atoms with Crippen LogP contribution in [0.1, 0.15) is 48.8 Å². The highest BCUT2D eigenvalue weighted by molar-refractivity contribution is 5.64. The molecule has 0 saturated carbocycles. The van der Waals surface area contributed by atoms with Crippen molar-refractivity contribution in [1.29, 1.82) is 5.26 Å². The number of aryl methyl sites for hydroxylation is 2. The normalized spacial score (nSPS) is 22.8. The van der Waals surface area contributed by atoms with Crippen LogP contribution in [-0.2, 0) is 10.2 Å². The smallest absolute Gasteiger partial charge is 0.172 e. The third kappa shape index (κ3) is 3.85. The van der Waals surface area contributed by atoms with Gasteiger partial charge in [-0.25, -0.2) is 0 Å². The van der Waals surface area contributed by atoms with E-state index in [2.05, 4.69) is 43.5 Å². The summed E-state index contributed by atoms with van der Waals surface area (Å²) in [4.78, 5) is 2.29. The molecule has 2 heterocycles. The van der Waals surface area contributed by atoms with E-state index in [9.17, 15) is 5.26 Å². The van der Waals surface area contributed by atoms with Crippen molar-refractivity contribution in [2.24, 2.45) is 11.1 Å². The minimum absolute atomic E-state index is 0.399. The molecule has 2 N–H and O–H groups in total. The van der Waals surface area contributed by atoms with Gasteiger partial charge in [-0.1, -0.05) is 31.7 Å². The fourth-order valence-electron chi connectivity index (χ4n) is 5.03. The average Bonchev–Trinajstić information content (AvgIpc) is 2.78. The summed E-state index contributed by atoms with van der Waals surface area (Å²) in [5.74, 6) is 2.25. The van der Waals surface area contributed by atoms with E-state index in [1.807, 2.05) is 25.1 Å². The molecule has 0 radical (unpaired) electrons. The van der Waals surface area contributed by atoms with E-state index in [4.69, 9.17) is 14.9 Å². The second-order valence-corrected chi connectivity index (χ2v) is 8.76. The van der Waals surface area contributed by atoms with E-state index in [0.29, 0.717) is 12.2 Å². The number of hydrogen-bond donors (Lipinski definition) is 1. The predicted molar refractivity (Wildman–Crippen MR) is 120 cm³/mol. The Labute approximate surface area is 180 Å². The summed E-state index contributed by atoms with van der Waals surface area (Å²) in [6.45, 7) is 12.4. The Balaban J connectivity index is 2.18. The van der Waals surface area contributed by atoms with Crippen molar-refractivity contribution in [2.75, 3.05) is 26.7 Å². The molecule has 3 rings (SSSR count). The lowest BCUT2D eigenvalue weighted by atomic mass is 9.54. The SMILES string of the molecule is C=C(N)CN1CCC(C#N)(C2(C)CC=C(OC)c3oc(C)ccccc(C)c32)CC1. The second kappa shape index (κ2) is 8.57. The lowest BCUT2D eigenvalue weighted by Crippen LogP contribution is -2.51. The largest absolute Gasteiger partial charge is 0.493 e. The topological polar surface area (TPSA) is 75.4 Å². The molecule has 1 fully saturated rings. The van der Waals surface area contributed by atoms with Crippen LogP contribution in [0.2, 0.25) is 0 Å². The first-order chi connectivity index (χ1) is 14.3. The van der Waals surface area contributed by atoms with Crippen molar-refractivity contribution in [3.63, 3.8) is 0 Å². The molecule has 1 aromatic rings. The molecule has 0 aromatic carbocycles. The van der Waals surface area contributed by atoms with Crippen LogP contribution in [0.4, 0.5) is 0 Å². The number of fused-ring (bicyclic) bond motifs is 1. The molecule has 2 aliphatic rings. The van der Waals surface area contributed by atoms with Crippen molar-refractivity contribution in [1.82, 2.24) is 4.90 Å². The molecule has 0 spiro atoms. The van der Waals surface area contributed by atoms with Gasteiger partial charge in [-0.3, -0.25) is 4.90 Å². The maximum atomic E-state index is 10.5. The minimum Gasteiger partial charge on any atom is -0.493 e. The zero-order chi connectivity index (χ0) is 21.9. The van der Waals surface area contributed by atoms with E-state index in [-0.39, 0.29) is 0 Å². The van der Waals surface area contributed by atoms with E-state index in [0.717, 1.165) is 60.8 Å². The van der Waals surface area contributed by atoms with Crippen LogP contribution in [-0.4, -0.2) is 31.6 Å². The summed E-state index contributed by atoms with van der Waals surface area (Å²) >= 11 is 0. The van der Waals surface area contributed by atoms with Gasteiger partial charge >= 0.3 is 0 Å². The molecule has 1 aliphatic heterocycles. The Morgan fingerprint density at radius 1 is 1.30 bits per heavy atom. The van der Waals surface area contributed by atoms with Crippen molar-refractivity contribution in [3.8, 4) is 6.07 Å². The van der Waals surface area contributed by atoms with Crippen LogP contribution >= 0.6 is 0 Å². The Morgan fingerprint density at radius 2 is 1.97 bits per heavy atom. The maximum absolute atomic E-state index is 10.5. The van der Waals surface area contributed by atoms with E-state index in [1.54, 1.807) is 7.11 Å². The molecule has 1 aliphatic carbocycles. The van der Waals surface area contributed by atoms with E-state index >= 15 is 0 Å². The Morgan fingerprint density at radius 3 is 2.57 bits per heavy atom. The first kappa shape index (κ1) is 22.0. The zero-order valence-corrected chi connectivity index (χ0v) is 18.6. The highest BCUT2D eigenvalue weighted by atomic mass is 16.5. The average molecular weight is 408 g/mol. The standard InChI is InChI=1S/C25H33N3O2/c1-18-8-6-7-9-20(3)30-23-21(29-5)10-11-24(4,22(18)23)25(17-26)12-14-28(15-13-25)16-19(2)27/h6-10H,2,11-16,27H2,1,3-5H3. The van der Waals surface area contributed by atoms with Crippen molar-refractivity contribution in [3.05, 3.63) is 65.3 Å². The molecule has 1 aromatic heterocycles. The molecule has 5 heteroatoms. The number of methoxy groups -OCH3 is 1. The zero-order valence-electron chi connectivity index (χ0n) is 18.6. The number of piperidine rings is 1. The van der Waals surface area contributed by atoms with Gasteiger partial charge in [-0.2, -0.15) is 5.26 Å². The third-order valence-corrected chi connectivity index (χ3v) is 6.77. The summed E-state index contributed by atoms with van der Waals surface area (Å²) in [6, 6.07) is 10.8. The van der Waals surface area contributed by atoms with E-state index in [1.165, 1.54) is 0 Å². The molecule has 1 atom stereocenters. The Bertz CT molecular complexity index is 944. The molecule has 1 unspecified atom stereocenters. The molecule has 1 saturated heterocycles. The molecule has 0 amide bonds. The van der Waals surface area contributed by atoms with Gasteiger partial charge < -0.3 is 14.9 Å². The molecule has 5 nitrogen and oxygen atoms in total. The number of rotatable bonds is 4. The first-order valence-corrected chi connectivity index (χ1v) is 10.5. The summed E-state index contributed by atoms with van der Waals surface area (Å²) < 4.78 is 12.0. The van der Waals surface area contributed by atoms with Gasteiger partial charge in [0.05, 0.1) is 18.6 Å². The van der Waals surface area contributed by atoms with Crippen molar-refractivity contribution < 1.29 is 9.15 Å². The maximum Gasteiger partial charge on any atom is 0.172 e. The van der Waals surface area contributed by atoms with Crippen molar-refractivity contribution >= 4 is 5.76 Å². The second-order valence-electron chi connectivity index (χ2n) is 8.76. The van der Waals surface area contributed by atoms with Crippen LogP contribution in [0.15, 0.2) is 47.0 Å². The van der Waals surface area contributed by atoms with Gasteiger partial charge in [0.25, 0.3) is 0 Å². The number of hydrogen-bond acceptors (Lipinski definition) is 5. The van der Waals surface area contributed by atoms with Crippen LogP contribution in [0.3, 0.4) is 0 Å². The predicted octanol–water partition coefficient (Wildman–Crippen LogP) is 4.75. The highest BCUT2D eigenvalue weighted by Gasteiger charge is 2.53. The quantitative estimate of drug-likeness (QED) is 0.780. The minimum atomic E-state index is -0.510. The Hall–Kier alpha value is -2.71. The lowest BCUT2D eigenvalue weighted by Gasteiger charge is -2.50. The van der Waals surface area contributed by atoms with Gasteiger partial charge in [0.15, 0.2) is 11.5 Å². The lowest BCUT2D eigenvalue weighted by molar-refractivity contribution is 0.0814. The summed E-state index contributed by atoms with van der Waals surface area (Å²) in [5, 5.41) is 10.5. The summed E-state index contributed by atoms with van der Waals surface area (Å²) in [7, 11) is 1.67. The third-order valence-electron chi connectivity index (χ3n) is 6.77. The number of allylic oxidation sites excluding steroid dienone is 1. The number of nitrogens with zero attached hydrogens (tertiary/aromatic N) is 2. The fraction of sp³-hybridized carbons (Fsp3) is 0.480. The first-order valence-electron chi connectivity index (χ1n) is 10.5. The summed E-state index contributed by atoms with van der Waals surface area (Å²) in [5.41, 5.74) is 7.75. The van der Waals surface area contributed by atoms with Gasteiger partial charge in [0.2, 0.25) is 0 Å². The molecular formula is C25H33N3O2. The number of nitrogens with two attached hydrogens (primary N) is 1. The molecular weight excluding hydrogens is 374 g/mol. The highest BCUT2D eigenvalue weighted by Crippen LogP contribution is 2.55. The van der Waals surface area contributed by atoms with Gasteiger partial charge in [-0.15, -0.1) is 0 Å². The number of nitriles is 1. The molecule has 30 heavy (non-hydrogen) atoms. The van der Waals surface area contributed by atoms with Crippen LogP contribution in [0, 0.1) is 30.6 Å². The van der Waals surface area contributed by atoms with E-state index < -0.39 is 10.8 Å². The number of likely N-dealkylation sites (tertiary alicyclic amines) is 1. The van der Waals surface area contributed by atoms with Crippen molar-refractivity contribution in [2.45, 2.75) is 45.4 Å². The van der Waals surface area contributed by atoms with Gasteiger partial charge in [-0.05, 0) is 50.8 Å². The van der Waals surface area contributed by atoms with Crippen LogP contribution < -0.4 is 5.73 Å². The Kier molecular flexibility index (Phi) is 6.28. The number of ether oxygens (including phenoxy) is 1. The fourth-order valence-corrected chi connectivity index (χ4v) is 5.03. The monoisotopic (exact) mass is 407 g/mol. The van der Waals surface area contributed by atoms with Gasteiger partial charge in [0, 0.05) is 36.3 Å².